The second-order valence-corrected chi connectivity index (χ2v) is 4.95. The highest BCUT2D eigenvalue weighted by Gasteiger charge is 2.15. The minimum absolute atomic E-state index is 0.112. The molecule has 20 heavy (non-hydrogen) atoms. The molecule has 5 heteroatoms. The standard InChI is InChI=1S/C15H20ClNO3/c1-17-13(6-7-19-9-8-18-2)14-10-11-4-3-5-12(16)15(11)20-14/h3-5,10,13,17H,6-9H2,1-2H3. The Morgan fingerprint density at radius 3 is 2.85 bits per heavy atom. The van der Waals surface area contributed by atoms with Crippen LogP contribution in [0.15, 0.2) is 28.7 Å². The number of fused-ring (bicyclic) bond motifs is 1. The third-order valence-corrected chi connectivity index (χ3v) is 3.49. The van der Waals surface area contributed by atoms with Gasteiger partial charge < -0.3 is 19.2 Å². The molecule has 0 fully saturated rings. The molecular formula is C15H20ClNO3. The first-order chi connectivity index (χ1) is 9.76. The van der Waals surface area contributed by atoms with Gasteiger partial charge in [-0.25, -0.2) is 0 Å². The second-order valence-electron chi connectivity index (χ2n) is 4.54. The fraction of sp³-hybridized carbons (Fsp3) is 0.467. The summed E-state index contributed by atoms with van der Waals surface area (Å²) >= 11 is 6.13. The molecule has 4 nitrogen and oxygen atoms in total. The Balaban J connectivity index is 2.00. The summed E-state index contributed by atoms with van der Waals surface area (Å²) in [5.41, 5.74) is 0.740. The molecule has 0 aliphatic carbocycles. The average molecular weight is 298 g/mol. The highest BCUT2D eigenvalue weighted by Crippen LogP contribution is 2.30. The summed E-state index contributed by atoms with van der Waals surface area (Å²) in [6, 6.07) is 7.89. The normalized spacial score (nSPS) is 12.9. The summed E-state index contributed by atoms with van der Waals surface area (Å²) in [4.78, 5) is 0. The number of rotatable bonds is 8. The summed E-state index contributed by atoms with van der Waals surface area (Å²) in [6.07, 6.45) is 0.831. The summed E-state index contributed by atoms with van der Waals surface area (Å²) in [5, 5.41) is 4.90. The monoisotopic (exact) mass is 297 g/mol. The lowest BCUT2D eigenvalue weighted by Crippen LogP contribution is -2.18. The van der Waals surface area contributed by atoms with Crippen LogP contribution in [0.2, 0.25) is 5.02 Å². The molecule has 0 aliphatic heterocycles. The SMILES string of the molecule is CNC(CCOCCOC)c1cc2cccc(Cl)c2o1. The van der Waals surface area contributed by atoms with Gasteiger partial charge in [0.05, 0.1) is 24.3 Å². The molecule has 0 saturated heterocycles. The van der Waals surface area contributed by atoms with Gasteiger partial charge in [-0.15, -0.1) is 0 Å². The molecule has 1 unspecified atom stereocenters. The molecule has 0 amide bonds. The Kier molecular flexibility index (Phi) is 5.86. The van der Waals surface area contributed by atoms with Crippen molar-refractivity contribution in [1.29, 1.82) is 0 Å². The van der Waals surface area contributed by atoms with Crippen molar-refractivity contribution in [3.8, 4) is 0 Å². The number of para-hydroxylation sites is 1. The maximum absolute atomic E-state index is 6.13. The average Bonchev–Trinajstić information content (AvgIpc) is 2.88. The van der Waals surface area contributed by atoms with Crippen LogP contribution >= 0.6 is 11.6 Å². The number of hydrogen-bond acceptors (Lipinski definition) is 4. The first-order valence-corrected chi connectivity index (χ1v) is 7.06. The van der Waals surface area contributed by atoms with E-state index in [0.717, 1.165) is 23.2 Å². The van der Waals surface area contributed by atoms with Gasteiger partial charge in [0.25, 0.3) is 0 Å². The van der Waals surface area contributed by atoms with E-state index in [2.05, 4.69) is 5.32 Å². The predicted molar refractivity (Wildman–Crippen MR) is 80.3 cm³/mol. The van der Waals surface area contributed by atoms with E-state index in [4.69, 9.17) is 25.5 Å². The number of methoxy groups -OCH3 is 1. The molecule has 0 spiro atoms. The molecule has 1 atom stereocenters. The third kappa shape index (κ3) is 3.73. The van der Waals surface area contributed by atoms with Crippen LogP contribution in [0.5, 0.6) is 0 Å². The van der Waals surface area contributed by atoms with E-state index in [-0.39, 0.29) is 6.04 Å². The summed E-state index contributed by atoms with van der Waals surface area (Å²) < 4.78 is 16.3. The number of nitrogens with one attached hydrogen (secondary N) is 1. The van der Waals surface area contributed by atoms with Gasteiger partial charge >= 0.3 is 0 Å². The number of benzene rings is 1. The predicted octanol–water partition coefficient (Wildman–Crippen LogP) is 3.40. The van der Waals surface area contributed by atoms with Crippen LogP contribution < -0.4 is 5.32 Å². The smallest absolute Gasteiger partial charge is 0.152 e. The Morgan fingerprint density at radius 1 is 1.30 bits per heavy atom. The van der Waals surface area contributed by atoms with E-state index >= 15 is 0 Å². The quantitative estimate of drug-likeness (QED) is 0.759. The molecule has 2 aromatic rings. The van der Waals surface area contributed by atoms with Crippen LogP contribution in [0, 0.1) is 0 Å². The zero-order valence-electron chi connectivity index (χ0n) is 11.8. The van der Waals surface area contributed by atoms with Gasteiger partial charge in [0, 0.05) is 19.1 Å². The number of furan rings is 1. The molecule has 1 heterocycles. The summed E-state index contributed by atoms with van der Waals surface area (Å²) in [5.74, 6) is 0.881. The minimum Gasteiger partial charge on any atom is -0.458 e. The van der Waals surface area contributed by atoms with Crippen LogP contribution in [0.4, 0.5) is 0 Å². The highest BCUT2D eigenvalue weighted by atomic mass is 35.5. The Morgan fingerprint density at radius 2 is 2.15 bits per heavy atom. The van der Waals surface area contributed by atoms with Crippen molar-refractivity contribution in [3.63, 3.8) is 0 Å². The molecule has 1 aromatic heterocycles. The maximum Gasteiger partial charge on any atom is 0.152 e. The zero-order valence-corrected chi connectivity index (χ0v) is 12.6. The van der Waals surface area contributed by atoms with Crippen LogP contribution in [-0.2, 0) is 9.47 Å². The molecule has 0 radical (unpaired) electrons. The minimum atomic E-state index is 0.112. The van der Waals surface area contributed by atoms with Crippen LogP contribution in [0.3, 0.4) is 0 Å². The van der Waals surface area contributed by atoms with Gasteiger partial charge in [0.2, 0.25) is 0 Å². The van der Waals surface area contributed by atoms with Crippen LogP contribution in [0.25, 0.3) is 11.0 Å². The molecule has 2 rings (SSSR count). The number of halogens is 1. The highest BCUT2D eigenvalue weighted by molar-refractivity contribution is 6.34. The lowest BCUT2D eigenvalue weighted by Gasteiger charge is -2.13. The fourth-order valence-electron chi connectivity index (χ4n) is 2.09. The van der Waals surface area contributed by atoms with Crippen molar-refractivity contribution in [2.75, 3.05) is 34.0 Å². The molecule has 110 valence electrons. The molecule has 0 aliphatic rings. The Labute approximate surface area is 124 Å². The summed E-state index contributed by atoms with van der Waals surface area (Å²) in [7, 11) is 3.58. The molecule has 0 bridgehead atoms. The Hall–Kier alpha value is -1.07. The van der Waals surface area contributed by atoms with Gasteiger partial charge in [-0.05, 0) is 25.6 Å². The first-order valence-electron chi connectivity index (χ1n) is 6.68. The number of ether oxygens (including phenoxy) is 2. The van der Waals surface area contributed by atoms with Crippen molar-refractivity contribution in [1.82, 2.24) is 5.32 Å². The lowest BCUT2D eigenvalue weighted by atomic mass is 10.1. The third-order valence-electron chi connectivity index (χ3n) is 3.19. The molecule has 1 N–H and O–H groups in total. The topological polar surface area (TPSA) is 43.6 Å². The van der Waals surface area contributed by atoms with Crippen LogP contribution in [0.1, 0.15) is 18.2 Å². The second kappa shape index (κ2) is 7.64. The molecular weight excluding hydrogens is 278 g/mol. The van der Waals surface area contributed by atoms with E-state index in [9.17, 15) is 0 Å². The van der Waals surface area contributed by atoms with Crippen molar-refractivity contribution in [3.05, 3.63) is 35.0 Å². The van der Waals surface area contributed by atoms with E-state index in [0.29, 0.717) is 24.8 Å². The van der Waals surface area contributed by atoms with Gasteiger partial charge in [-0.2, -0.15) is 0 Å². The van der Waals surface area contributed by atoms with Crippen molar-refractivity contribution < 1.29 is 13.9 Å². The van der Waals surface area contributed by atoms with Crippen LogP contribution in [-0.4, -0.2) is 34.0 Å². The lowest BCUT2D eigenvalue weighted by molar-refractivity contribution is 0.0652. The molecule has 0 saturated carbocycles. The van der Waals surface area contributed by atoms with E-state index < -0.39 is 0 Å². The Bertz CT molecular complexity index is 541. The van der Waals surface area contributed by atoms with Gasteiger partial charge in [0.15, 0.2) is 5.58 Å². The largest absolute Gasteiger partial charge is 0.458 e. The van der Waals surface area contributed by atoms with Crippen molar-refractivity contribution in [2.45, 2.75) is 12.5 Å². The van der Waals surface area contributed by atoms with Gasteiger partial charge in [0.1, 0.15) is 5.76 Å². The van der Waals surface area contributed by atoms with Gasteiger partial charge in [-0.3, -0.25) is 0 Å². The number of hydrogen-bond donors (Lipinski definition) is 1. The van der Waals surface area contributed by atoms with E-state index in [1.165, 1.54) is 0 Å². The van der Waals surface area contributed by atoms with E-state index in [1.54, 1.807) is 7.11 Å². The fourth-order valence-corrected chi connectivity index (χ4v) is 2.31. The zero-order chi connectivity index (χ0) is 14.4. The van der Waals surface area contributed by atoms with Crippen molar-refractivity contribution in [2.24, 2.45) is 0 Å². The van der Waals surface area contributed by atoms with E-state index in [1.807, 2.05) is 31.3 Å². The van der Waals surface area contributed by atoms with Gasteiger partial charge in [-0.1, -0.05) is 23.7 Å². The first kappa shape index (κ1) is 15.3. The molecule has 1 aromatic carbocycles. The van der Waals surface area contributed by atoms with Crippen molar-refractivity contribution >= 4 is 22.6 Å². The maximum atomic E-state index is 6.13. The summed E-state index contributed by atoms with van der Waals surface area (Å²) in [6.45, 7) is 1.88.